The SMILES string of the molecule is Cc1cnn(C[C@@H]2CCCCN2C(=O)[C@H]2C[C@@H]2c2cccnc2)c1. The van der Waals surface area contributed by atoms with Crippen molar-refractivity contribution >= 4 is 5.91 Å². The number of likely N-dealkylation sites (tertiary alicyclic amines) is 1. The van der Waals surface area contributed by atoms with Crippen LogP contribution in [0.2, 0.25) is 0 Å². The van der Waals surface area contributed by atoms with Crippen LogP contribution in [0.15, 0.2) is 36.9 Å². The molecule has 3 atom stereocenters. The highest BCUT2D eigenvalue weighted by Gasteiger charge is 2.47. The van der Waals surface area contributed by atoms with Crippen LogP contribution in [0.25, 0.3) is 0 Å². The van der Waals surface area contributed by atoms with E-state index in [1.807, 2.05) is 23.1 Å². The van der Waals surface area contributed by atoms with Gasteiger partial charge in [-0.2, -0.15) is 5.10 Å². The first-order valence-electron chi connectivity index (χ1n) is 8.92. The number of nitrogens with zero attached hydrogens (tertiary/aromatic N) is 4. The monoisotopic (exact) mass is 324 g/mol. The second-order valence-corrected chi connectivity index (χ2v) is 7.16. The smallest absolute Gasteiger partial charge is 0.226 e. The molecular formula is C19H24N4O. The topological polar surface area (TPSA) is 51.0 Å². The van der Waals surface area contributed by atoms with Crippen LogP contribution in [0.5, 0.6) is 0 Å². The van der Waals surface area contributed by atoms with Gasteiger partial charge in [-0.1, -0.05) is 6.07 Å². The van der Waals surface area contributed by atoms with Crippen LogP contribution in [0.3, 0.4) is 0 Å². The molecule has 0 radical (unpaired) electrons. The second-order valence-electron chi connectivity index (χ2n) is 7.16. The molecule has 1 aliphatic heterocycles. The van der Waals surface area contributed by atoms with Crippen molar-refractivity contribution in [3.63, 3.8) is 0 Å². The van der Waals surface area contributed by atoms with Crippen molar-refractivity contribution in [3.05, 3.63) is 48.0 Å². The van der Waals surface area contributed by atoms with E-state index in [4.69, 9.17) is 0 Å². The average molecular weight is 324 g/mol. The van der Waals surface area contributed by atoms with E-state index in [-0.39, 0.29) is 12.0 Å². The van der Waals surface area contributed by atoms with E-state index in [9.17, 15) is 4.79 Å². The van der Waals surface area contributed by atoms with Gasteiger partial charge in [-0.05, 0) is 55.7 Å². The number of carbonyl (C=O) groups is 1. The molecule has 126 valence electrons. The maximum atomic E-state index is 13.0. The number of pyridine rings is 1. The van der Waals surface area contributed by atoms with Crippen molar-refractivity contribution in [2.24, 2.45) is 5.92 Å². The van der Waals surface area contributed by atoms with Crippen molar-refractivity contribution < 1.29 is 4.79 Å². The van der Waals surface area contributed by atoms with E-state index < -0.39 is 0 Å². The van der Waals surface area contributed by atoms with Crippen molar-refractivity contribution in [3.8, 4) is 0 Å². The fourth-order valence-electron chi connectivity index (χ4n) is 3.91. The van der Waals surface area contributed by atoms with Gasteiger partial charge in [0, 0.05) is 31.1 Å². The van der Waals surface area contributed by atoms with E-state index in [0.717, 1.165) is 32.4 Å². The van der Waals surface area contributed by atoms with E-state index in [1.165, 1.54) is 17.5 Å². The van der Waals surface area contributed by atoms with Gasteiger partial charge in [0.1, 0.15) is 0 Å². The van der Waals surface area contributed by atoms with Crippen molar-refractivity contribution in [1.29, 1.82) is 0 Å². The van der Waals surface area contributed by atoms with Gasteiger partial charge in [-0.15, -0.1) is 0 Å². The molecule has 2 fully saturated rings. The summed E-state index contributed by atoms with van der Waals surface area (Å²) >= 11 is 0. The summed E-state index contributed by atoms with van der Waals surface area (Å²) in [6.45, 7) is 3.75. The Labute approximate surface area is 142 Å². The molecule has 0 spiro atoms. The number of aromatic nitrogens is 3. The largest absolute Gasteiger partial charge is 0.338 e. The van der Waals surface area contributed by atoms with Gasteiger partial charge in [0.05, 0.1) is 18.8 Å². The highest BCUT2D eigenvalue weighted by molar-refractivity contribution is 5.83. The third kappa shape index (κ3) is 3.07. The lowest BCUT2D eigenvalue weighted by Gasteiger charge is -2.36. The molecule has 5 nitrogen and oxygen atoms in total. The van der Waals surface area contributed by atoms with Crippen LogP contribution in [0, 0.1) is 12.8 Å². The molecule has 1 aliphatic carbocycles. The molecule has 4 rings (SSSR count). The Morgan fingerprint density at radius 2 is 2.25 bits per heavy atom. The number of amides is 1. The van der Waals surface area contributed by atoms with Crippen molar-refractivity contribution in [2.45, 2.75) is 51.1 Å². The summed E-state index contributed by atoms with van der Waals surface area (Å²) in [7, 11) is 0. The Balaban J connectivity index is 1.44. The van der Waals surface area contributed by atoms with E-state index >= 15 is 0 Å². The molecule has 1 amide bonds. The molecule has 0 unspecified atom stereocenters. The minimum absolute atomic E-state index is 0.147. The number of rotatable bonds is 4. The van der Waals surface area contributed by atoms with Crippen molar-refractivity contribution in [2.75, 3.05) is 6.54 Å². The van der Waals surface area contributed by atoms with E-state index in [2.05, 4.69) is 34.2 Å². The Morgan fingerprint density at radius 1 is 1.33 bits per heavy atom. The Morgan fingerprint density at radius 3 is 3.00 bits per heavy atom. The summed E-state index contributed by atoms with van der Waals surface area (Å²) in [4.78, 5) is 19.3. The molecule has 0 N–H and O–H groups in total. The van der Waals surface area contributed by atoms with Crippen LogP contribution in [-0.2, 0) is 11.3 Å². The maximum Gasteiger partial charge on any atom is 0.226 e. The van der Waals surface area contributed by atoms with Crippen LogP contribution in [-0.4, -0.2) is 38.2 Å². The minimum atomic E-state index is 0.147. The van der Waals surface area contributed by atoms with E-state index in [0.29, 0.717) is 11.8 Å². The normalized spacial score (nSPS) is 26.4. The van der Waals surface area contributed by atoms with Gasteiger partial charge in [-0.3, -0.25) is 14.5 Å². The number of carbonyl (C=O) groups excluding carboxylic acids is 1. The molecule has 2 aromatic heterocycles. The molecule has 2 aromatic rings. The molecule has 0 aromatic carbocycles. The quantitative estimate of drug-likeness (QED) is 0.869. The van der Waals surface area contributed by atoms with E-state index in [1.54, 1.807) is 6.20 Å². The molecule has 1 saturated heterocycles. The van der Waals surface area contributed by atoms with Gasteiger partial charge >= 0.3 is 0 Å². The summed E-state index contributed by atoms with van der Waals surface area (Å²) in [5.74, 6) is 0.840. The number of aryl methyl sites for hydroxylation is 1. The summed E-state index contributed by atoms with van der Waals surface area (Å²) < 4.78 is 1.98. The van der Waals surface area contributed by atoms with Gasteiger partial charge in [-0.25, -0.2) is 0 Å². The highest BCUT2D eigenvalue weighted by Crippen LogP contribution is 2.48. The lowest BCUT2D eigenvalue weighted by Crippen LogP contribution is -2.46. The van der Waals surface area contributed by atoms with Crippen LogP contribution < -0.4 is 0 Å². The lowest BCUT2D eigenvalue weighted by molar-refractivity contribution is -0.136. The summed E-state index contributed by atoms with van der Waals surface area (Å²) in [6.07, 6.45) is 12.0. The lowest BCUT2D eigenvalue weighted by atomic mass is 10.0. The highest BCUT2D eigenvalue weighted by atomic mass is 16.2. The number of piperidine rings is 1. The zero-order valence-electron chi connectivity index (χ0n) is 14.1. The van der Waals surface area contributed by atoms with Crippen LogP contribution in [0.4, 0.5) is 0 Å². The van der Waals surface area contributed by atoms with Gasteiger partial charge in [0.15, 0.2) is 0 Å². The molecule has 1 saturated carbocycles. The predicted molar refractivity (Wildman–Crippen MR) is 91.4 cm³/mol. The fraction of sp³-hybridized carbons (Fsp3) is 0.526. The molecule has 24 heavy (non-hydrogen) atoms. The van der Waals surface area contributed by atoms with Crippen molar-refractivity contribution in [1.82, 2.24) is 19.7 Å². The average Bonchev–Trinajstić information content (AvgIpc) is 3.32. The Bertz CT molecular complexity index is 711. The molecule has 3 heterocycles. The second kappa shape index (κ2) is 6.38. The molecular weight excluding hydrogens is 300 g/mol. The van der Waals surface area contributed by atoms with Gasteiger partial charge in [0.25, 0.3) is 0 Å². The fourth-order valence-corrected chi connectivity index (χ4v) is 3.91. The summed E-state index contributed by atoms with van der Waals surface area (Å²) in [6, 6.07) is 4.32. The molecule has 5 heteroatoms. The molecule has 2 aliphatic rings. The third-order valence-electron chi connectivity index (χ3n) is 5.29. The molecule has 0 bridgehead atoms. The number of hydrogen-bond acceptors (Lipinski definition) is 3. The Kier molecular flexibility index (Phi) is 4.08. The summed E-state index contributed by atoms with van der Waals surface area (Å²) in [5, 5.41) is 4.40. The first-order chi connectivity index (χ1) is 11.7. The minimum Gasteiger partial charge on any atom is -0.338 e. The zero-order chi connectivity index (χ0) is 16.5. The first kappa shape index (κ1) is 15.4. The maximum absolute atomic E-state index is 13.0. The summed E-state index contributed by atoms with van der Waals surface area (Å²) in [5.41, 5.74) is 2.37. The predicted octanol–water partition coefficient (Wildman–Crippen LogP) is 2.77. The standard InChI is InChI=1S/C19H24N4O/c1-14-10-21-22(12-14)13-16-6-2-3-8-23(16)19(24)18-9-17(18)15-5-4-7-20-11-15/h4-5,7,10-12,16-18H,2-3,6,8-9,13H2,1H3/t16-,17+,18-/m0/s1. The number of hydrogen-bond donors (Lipinski definition) is 0. The van der Waals surface area contributed by atoms with Crippen LogP contribution in [0.1, 0.15) is 42.7 Å². The van der Waals surface area contributed by atoms with Crippen LogP contribution >= 0.6 is 0 Å². The van der Waals surface area contributed by atoms with Gasteiger partial charge < -0.3 is 4.90 Å². The first-order valence-corrected chi connectivity index (χ1v) is 8.92. The van der Waals surface area contributed by atoms with Gasteiger partial charge in [0.2, 0.25) is 5.91 Å². The third-order valence-corrected chi connectivity index (χ3v) is 5.29. The zero-order valence-corrected chi connectivity index (χ0v) is 14.1. The Hall–Kier alpha value is -2.17.